The summed E-state index contributed by atoms with van der Waals surface area (Å²) in [6.07, 6.45) is 1.82. The van der Waals surface area contributed by atoms with Gasteiger partial charge < -0.3 is 10.6 Å². The quantitative estimate of drug-likeness (QED) is 0.533. The summed E-state index contributed by atoms with van der Waals surface area (Å²) in [5, 5.41) is 6.53. The molecule has 2 N–H and O–H groups in total. The normalized spacial score (nSPS) is 11.4. The maximum Gasteiger partial charge on any atom is 0.166 e. The second kappa shape index (κ2) is 6.19. The van der Waals surface area contributed by atoms with Crippen LogP contribution in [0.15, 0.2) is 0 Å². The van der Waals surface area contributed by atoms with Gasteiger partial charge in [-0.15, -0.1) is 0 Å². The topological polar surface area (TPSA) is 58.2 Å². The number of thiocarbonyl (C=S) groups is 1. The zero-order valence-electron chi connectivity index (χ0n) is 8.83. The number of hydrogen-bond acceptors (Lipinski definition) is 3. The van der Waals surface area contributed by atoms with Crippen LogP contribution in [0.3, 0.4) is 0 Å². The van der Waals surface area contributed by atoms with E-state index in [9.17, 15) is 8.42 Å². The first-order valence-corrected chi connectivity index (χ1v) is 7.00. The Morgan fingerprint density at radius 1 is 1.43 bits per heavy atom. The van der Waals surface area contributed by atoms with E-state index in [4.69, 9.17) is 12.2 Å². The molecule has 0 spiro atoms. The number of hydrogen-bond donors (Lipinski definition) is 2. The number of nitrogens with one attached hydrogen (secondary N) is 2. The van der Waals surface area contributed by atoms with Crippen molar-refractivity contribution < 1.29 is 8.42 Å². The van der Waals surface area contributed by atoms with E-state index >= 15 is 0 Å². The number of rotatable bonds is 5. The monoisotopic (exact) mass is 238 g/mol. The van der Waals surface area contributed by atoms with Crippen molar-refractivity contribution in [3.05, 3.63) is 0 Å². The van der Waals surface area contributed by atoms with E-state index in [-0.39, 0.29) is 5.75 Å². The predicted octanol–water partition coefficient (Wildman–Crippen LogP) is 0.294. The highest BCUT2D eigenvalue weighted by atomic mass is 32.2. The van der Waals surface area contributed by atoms with Crippen LogP contribution in [0.1, 0.15) is 20.3 Å². The molecule has 0 radical (unpaired) electrons. The molecule has 0 aromatic rings. The molecule has 0 aliphatic heterocycles. The molecular weight excluding hydrogens is 220 g/mol. The summed E-state index contributed by atoms with van der Waals surface area (Å²) in [4.78, 5) is 0. The fourth-order valence-electron chi connectivity index (χ4n) is 0.849. The van der Waals surface area contributed by atoms with Gasteiger partial charge >= 0.3 is 0 Å². The first kappa shape index (κ1) is 13.6. The molecule has 0 bridgehead atoms. The van der Waals surface area contributed by atoms with Crippen LogP contribution >= 0.6 is 12.2 Å². The van der Waals surface area contributed by atoms with Gasteiger partial charge in [0.2, 0.25) is 0 Å². The van der Waals surface area contributed by atoms with Gasteiger partial charge in [0, 0.05) is 18.8 Å². The van der Waals surface area contributed by atoms with Crippen molar-refractivity contribution in [1.29, 1.82) is 0 Å². The zero-order valence-corrected chi connectivity index (χ0v) is 10.5. The lowest BCUT2D eigenvalue weighted by Crippen LogP contribution is -2.39. The summed E-state index contributed by atoms with van der Waals surface area (Å²) in [5.41, 5.74) is 0. The third kappa shape index (κ3) is 9.73. The van der Waals surface area contributed by atoms with Gasteiger partial charge in [-0.2, -0.15) is 0 Å². The Kier molecular flexibility index (Phi) is 6.03. The molecule has 0 fully saturated rings. The van der Waals surface area contributed by atoms with Crippen molar-refractivity contribution in [3.63, 3.8) is 0 Å². The minimum atomic E-state index is -2.85. The Morgan fingerprint density at radius 3 is 2.43 bits per heavy atom. The molecule has 6 heteroatoms. The Balaban J connectivity index is 3.51. The minimum Gasteiger partial charge on any atom is -0.363 e. The first-order chi connectivity index (χ1) is 6.31. The van der Waals surface area contributed by atoms with Crippen LogP contribution < -0.4 is 10.6 Å². The molecule has 14 heavy (non-hydrogen) atoms. The van der Waals surface area contributed by atoms with Gasteiger partial charge in [0.25, 0.3) is 0 Å². The van der Waals surface area contributed by atoms with Crippen molar-refractivity contribution in [1.82, 2.24) is 10.6 Å². The van der Waals surface area contributed by atoms with Gasteiger partial charge in [-0.1, -0.05) is 0 Å². The molecule has 0 atom stereocenters. The van der Waals surface area contributed by atoms with Gasteiger partial charge in [-0.25, -0.2) is 8.42 Å². The van der Waals surface area contributed by atoms with Gasteiger partial charge in [0.15, 0.2) is 5.11 Å². The van der Waals surface area contributed by atoms with Crippen LogP contribution in [-0.2, 0) is 9.84 Å². The molecule has 0 aliphatic rings. The summed E-state index contributed by atoms with van der Waals surface area (Å²) in [5.74, 6) is 0.199. The number of sulfone groups is 1. The predicted molar refractivity (Wildman–Crippen MR) is 63.2 cm³/mol. The molecule has 0 aliphatic carbocycles. The molecule has 0 aromatic carbocycles. The Bertz CT molecular complexity index is 273. The smallest absolute Gasteiger partial charge is 0.166 e. The summed E-state index contributed by atoms with van der Waals surface area (Å²) < 4.78 is 21.6. The lowest BCUT2D eigenvalue weighted by Gasteiger charge is -2.12. The van der Waals surface area contributed by atoms with Crippen LogP contribution in [0.4, 0.5) is 0 Å². The maximum absolute atomic E-state index is 10.8. The third-order valence-electron chi connectivity index (χ3n) is 1.40. The van der Waals surface area contributed by atoms with Gasteiger partial charge in [-0.05, 0) is 32.5 Å². The van der Waals surface area contributed by atoms with E-state index in [1.165, 1.54) is 6.26 Å². The summed E-state index contributed by atoms with van der Waals surface area (Å²) in [6.45, 7) is 4.57. The molecule has 84 valence electrons. The highest BCUT2D eigenvalue weighted by Gasteiger charge is 2.02. The molecule has 0 saturated heterocycles. The van der Waals surface area contributed by atoms with Gasteiger partial charge in [0.05, 0.1) is 5.75 Å². The van der Waals surface area contributed by atoms with Crippen LogP contribution in [-0.4, -0.2) is 38.1 Å². The second-order valence-corrected chi connectivity index (χ2v) is 6.21. The molecule has 0 amide bonds. The molecule has 0 saturated carbocycles. The lowest BCUT2D eigenvalue weighted by molar-refractivity contribution is 0.598. The molecule has 4 nitrogen and oxygen atoms in total. The van der Waals surface area contributed by atoms with Crippen molar-refractivity contribution >= 4 is 27.2 Å². The fraction of sp³-hybridized carbons (Fsp3) is 0.875. The van der Waals surface area contributed by atoms with Crippen LogP contribution in [0.5, 0.6) is 0 Å². The molecule has 0 rings (SSSR count). The first-order valence-electron chi connectivity index (χ1n) is 4.53. The van der Waals surface area contributed by atoms with E-state index in [2.05, 4.69) is 10.6 Å². The molecule has 0 unspecified atom stereocenters. The molecule has 0 aromatic heterocycles. The van der Waals surface area contributed by atoms with Crippen LogP contribution in [0.25, 0.3) is 0 Å². The van der Waals surface area contributed by atoms with Crippen molar-refractivity contribution in [3.8, 4) is 0 Å². The van der Waals surface area contributed by atoms with Gasteiger partial charge in [0.1, 0.15) is 9.84 Å². The third-order valence-corrected chi connectivity index (χ3v) is 2.69. The Hall–Kier alpha value is -0.360. The zero-order chi connectivity index (χ0) is 11.2. The van der Waals surface area contributed by atoms with E-state index in [1.807, 2.05) is 13.8 Å². The fourth-order valence-corrected chi connectivity index (χ4v) is 1.86. The van der Waals surface area contributed by atoms with E-state index < -0.39 is 9.84 Å². The van der Waals surface area contributed by atoms with E-state index in [1.54, 1.807) is 0 Å². The van der Waals surface area contributed by atoms with Gasteiger partial charge in [-0.3, -0.25) is 0 Å². The maximum atomic E-state index is 10.8. The SMILES string of the molecule is CC(C)NC(=S)NCCCS(C)(=O)=O. The lowest BCUT2D eigenvalue weighted by atomic mass is 10.4. The summed E-state index contributed by atoms with van der Waals surface area (Å²) in [7, 11) is -2.85. The average molecular weight is 238 g/mol. The Morgan fingerprint density at radius 2 is 2.00 bits per heavy atom. The average Bonchev–Trinajstić information content (AvgIpc) is 1.95. The molecular formula is C8H18N2O2S2. The van der Waals surface area contributed by atoms with Crippen LogP contribution in [0, 0.1) is 0 Å². The largest absolute Gasteiger partial charge is 0.363 e. The highest BCUT2D eigenvalue weighted by Crippen LogP contribution is 1.87. The second-order valence-electron chi connectivity index (χ2n) is 3.54. The van der Waals surface area contributed by atoms with E-state index in [0.717, 1.165) is 0 Å². The summed E-state index contributed by atoms with van der Waals surface area (Å²) in [6, 6.07) is 0.296. The minimum absolute atomic E-state index is 0.199. The van der Waals surface area contributed by atoms with E-state index in [0.29, 0.717) is 24.1 Å². The summed E-state index contributed by atoms with van der Waals surface area (Å²) >= 11 is 4.97. The van der Waals surface area contributed by atoms with Crippen LogP contribution in [0.2, 0.25) is 0 Å². The Labute approximate surface area is 91.4 Å². The highest BCUT2D eigenvalue weighted by molar-refractivity contribution is 7.90. The molecule has 0 heterocycles. The standard InChI is InChI=1S/C8H18N2O2S2/c1-7(2)10-8(13)9-5-4-6-14(3,11)12/h7H,4-6H2,1-3H3,(H2,9,10,13). The van der Waals surface area contributed by atoms with Crippen molar-refractivity contribution in [2.45, 2.75) is 26.3 Å². The van der Waals surface area contributed by atoms with Crippen molar-refractivity contribution in [2.75, 3.05) is 18.6 Å². The van der Waals surface area contributed by atoms with Crippen molar-refractivity contribution in [2.24, 2.45) is 0 Å².